The Kier molecular flexibility index (Phi) is 4.98. The minimum Gasteiger partial charge on any atom is -0.320 e. The zero-order valence-electron chi connectivity index (χ0n) is 10.8. The van der Waals surface area contributed by atoms with Crippen LogP contribution in [0.1, 0.15) is 12.8 Å². The molecule has 0 saturated carbocycles. The number of hydrogen-bond donors (Lipinski definition) is 1. The molecular weight excluding hydrogens is 315 g/mol. The van der Waals surface area contributed by atoms with Gasteiger partial charge in [0.2, 0.25) is 5.91 Å². The number of halogens is 2. The zero-order chi connectivity index (χ0) is 15.4. The van der Waals surface area contributed by atoms with E-state index < -0.39 is 10.8 Å². The molecule has 1 aliphatic rings. The molecule has 0 spiro atoms. The Morgan fingerprint density at radius 2 is 2.05 bits per heavy atom. The molecule has 0 heterocycles. The molecule has 0 fully saturated rings. The van der Waals surface area contributed by atoms with Crippen molar-refractivity contribution in [2.75, 3.05) is 5.32 Å². The normalized spacial score (nSPS) is 14.7. The molecular formula is C14H11Cl2N2O3. The predicted octanol–water partition coefficient (Wildman–Crippen LogP) is 4.15. The summed E-state index contributed by atoms with van der Waals surface area (Å²) in [6.07, 6.45) is 3.90. The number of nitrogens with zero attached hydrogens (tertiary/aromatic N) is 1. The number of nitro groups is 1. The van der Waals surface area contributed by atoms with Gasteiger partial charge in [-0.15, -0.1) is 0 Å². The molecule has 1 aromatic rings. The Bertz CT molecular complexity index is 653. The molecule has 1 aliphatic carbocycles. The molecule has 0 bridgehead atoms. The smallest absolute Gasteiger partial charge is 0.292 e. The van der Waals surface area contributed by atoms with Crippen LogP contribution in [0, 0.1) is 16.5 Å². The van der Waals surface area contributed by atoms with Crippen molar-refractivity contribution in [1.29, 1.82) is 0 Å². The molecule has 21 heavy (non-hydrogen) atoms. The van der Waals surface area contributed by atoms with Gasteiger partial charge in [-0.3, -0.25) is 14.9 Å². The molecule has 5 nitrogen and oxygen atoms in total. The Hall–Kier alpha value is -1.85. The van der Waals surface area contributed by atoms with Crippen LogP contribution in [0.25, 0.3) is 0 Å². The van der Waals surface area contributed by atoms with Gasteiger partial charge in [0.05, 0.1) is 11.3 Å². The second-order valence-corrected chi connectivity index (χ2v) is 5.26. The van der Waals surface area contributed by atoms with Crippen molar-refractivity contribution in [2.24, 2.45) is 0 Å². The molecule has 0 saturated heterocycles. The lowest BCUT2D eigenvalue weighted by Gasteiger charge is -2.13. The van der Waals surface area contributed by atoms with Crippen molar-refractivity contribution in [3.05, 3.63) is 62.5 Å². The van der Waals surface area contributed by atoms with Crippen LogP contribution in [0.3, 0.4) is 0 Å². The van der Waals surface area contributed by atoms with Gasteiger partial charge < -0.3 is 5.32 Å². The third kappa shape index (κ3) is 4.06. The summed E-state index contributed by atoms with van der Waals surface area (Å²) in [6, 6.07) is 5.95. The molecule has 0 aromatic heterocycles. The van der Waals surface area contributed by atoms with E-state index in [1.54, 1.807) is 18.6 Å². The van der Waals surface area contributed by atoms with Crippen LogP contribution < -0.4 is 5.32 Å². The Morgan fingerprint density at radius 3 is 2.76 bits per heavy atom. The highest BCUT2D eigenvalue weighted by Crippen LogP contribution is 2.30. The van der Waals surface area contributed by atoms with Gasteiger partial charge in [0.25, 0.3) is 5.69 Å². The highest BCUT2D eigenvalue weighted by molar-refractivity contribution is 6.34. The van der Waals surface area contributed by atoms with Gasteiger partial charge in [0, 0.05) is 22.6 Å². The number of amides is 1. The molecule has 1 aromatic carbocycles. The van der Waals surface area contributed by atoms with Crippen molar-refractivity contribution in [1.82, 2.24) is 0 Å². The van der Waals surface area contributed by atoms with Crippen molar-refractivity contribution in [3.63, 3.8) is 0 Å². The van der Waals surface area contributed by atoms with Gasteiger partial charge in [-0.25, -0.2) is 0 Å². The van der Waals surface area contributed by atoms with E-state index in [-0.39, 0.29) is 17.8 Å². The summed E-state index contributed by atoms with van der Waals surface area (Å²) in [6.45, 7) is 0. The van der Waals surface area contributed by atoms with Crippen LogP contribution in [0.2, 0.25) is 0 Å². The second kappa shape index (κ2) is 6.74. The van der Waals surface area contributed by atoms with E-state index in [0.717, 1.165) is 0 Å². The molecule has 1 radical (unpaired) electrons. The van der Waals surface area contributed by atoms with Crippen molar-refractivity contribution in [3.8, 4) is 0 Å². The van der Waals surface area contributed by atoms with Gasteiger partial charge in [0.1, 0.15) is 5.69 Å². The number of anilines is 1. The van der Waals surface area contributed by atoms with Gasteiger partial charge >= 0.3 is 0 Å². The first-order valence-corrected chi connectivity index (χ1v) is 6.84. The second-order valence-electron chi connectivity index (χ2n) is 4.37. The monoisotopic (exact) mass is 325 g/mol. The fraction of sp³-hybridized carbons (Fsp3) is 0.143. The van der Waals surface area contributed by atoms with Crippen molar-refractivity contribution >= 4 is 40.5 Å². The number of allylic oxidation sites excluding steroid dienone is 3. The molecule has 0 atom stereocenters. The molecule has 1 amide bonds. The lowest BCUT2D eigenvalue weighted by atomic mass is 10.0. The maximum Gasteiger partial charge on any atom is 0.292 e. The van der Waals surface area contributed by atoms with Gasteiger partial charge in [-0.1, -0.05) is 35.3 Å². The Morgan fingerprint density at radius 1 is 1.33 bits per heavy atom. The minimum atomic E-state index is -0.549. The summed E-state index contributed by atoms with van der Waals surface area (Å²) in [5, 5.41) is 14.5. The first-order valence-electron chi connectivity index (χ1n) is 6.08. The van der Waals surface area contributed by atoms with Crippen molar-refractivity contribution < 1.29 is 9.72 Å². The maximum atomic E-state index is 12.0. The van der Waals surface area contributed by atoms with E-state index in [9.17, 15) is 14.9 Å². The summed E-state index contributed by atoms with van der Waals surface area (Å²) in [5.41, 5.74) is 0.581. The van der Waals surface area contributed by atoms with Crippen LogP contribution in [0.4, 0.5) is 11.4 Å². The molecule has 0 aliphatic heterocycles. The van der Waals surface area contributed by atoms with Crippen molar-refractivity contribution in [2.45, 2.75) is 12.8 Å². The van der Waals surface area contributed by atoms with E-state index in [1.807, 2.05) is 0 Å². The number of carbonyl (C=O) groups excluding carboxylic acids is 1. The average Bonchev–Trinajstić information content (AvgIpc) is 2.43. The van der Waals surface area contributed by atoms with E-state index in [0.29, 0.717) is 22.1 Å². The highest BCUT2D eigenvalue weighted by atomic mass is 35.5. The highest BCUT2D eigenvalue weighted by Gasteiger charge is 2.17. The summed E-state index contributed by atoms with van der Waals surface area (Å²) >= 11 is 11.9. The number of hydrogen-bond acceptors (Lipinski definition) is 3. The number of rotatable bonds is 4. The minimum absolute atomic E-state index is 0.00238. The maximum absolute atomic E-state index is 12.0. The number of carbonyl (C=O) groups is 1. The number of benzene rings is 1. The molecule has 109 valence electrons. The standard InChI is InChI=1S/C14H11Cl2N2O3/c15-10-5-6-11(16)9(7-10)8-14(19)17-12-3-1-2-4-13(12)18(20)21/h1-4,6-7H,5,8H2,(H,17,19). The van der Waals surface area contributed by atoms with Crippen LogP contribution in [0.5, 0.6) is 0 Å². The molecule has 7 heteroatoms. The average molecular weight is 326 g/mol. The quantitative estimate of drug-likeness (QED) is 0.667. The number of nitrogens with one attached hydrogen (secondary N) is 1. The fourth-order valence-corrected chi connectivity index (χ4v) is 2.28. The fourth-order valence-electron chi connectivity index (χ4n) is 1.88. The summed E-state index contributed by atoms with van der Waals surface area (Å²) in [7, 11) is 0. The lowest BCUT2D eigenvalue weighted by Crippen LogP contribution is -2.14. The summed E-state index contributed by atoms with van der Waals surface area (Å²) < 4.78 is 0. The van der Waals surface area contributed by atoms with Crippen LogP contribution in [-0.2, 0) is 4.79 Å². The first-order chi connectivity index (χ1) is 9.97. The largest absolute Gasteiger partial charge is 0.320 e. The van der Waals surface area contributed by atoms with E-state index in [4.69, 9.17) is 23.2 Å². The van der Waals surface area contributed by atoms with E-state index in [1.165, 1.54) is 18.2 Å². The van der Waals surface area contributed by atoms with E-state index >= 15 is 0 Å². The third-order valence-electron chi connectivity index (χ3n) is 2.84. The van der Waals surface area contributed by atoms with Gasteiger partial charge in [0.15, 0.2) is 0 Å². The first kappa shape index (κ1) is 15.5. The third-order valence-corrected chi connectivity index (χ3v) is 3.50. The number of para-hydroxylation sites is 2. The predicted molar refractivity (Wildman–Crippen MR) is 82.1 cm³/mol. The molecule has 0 unspecified atom stereocenters. The van der Waals surface area contributed by atoms with Gasteiger partial charge in [-0.05, 0) is 24.1 Å². The van der Waals surface area contributed by atoms with Crippen LogP contribution in [-0.4, -0.2) is 10.8 Å². The van der Waals surface area contributed by atoms with Crippen LogP contribution >= 0.6 is 23.2 Å². The molecule has 1 N–H and O–H groups in total. The summed E-state index contributed by atoms with van der Waals surface area (Å²) in [5.74, 6) is -0.395. The van der Waals surface area contributed by atoms with Crippen LogP contribution in [0.15, 0.2) is 46.0 Å². The Labute approximate surface area is 131 Å². The lowest BCUT2D eigenvalue weighted by molar-refractivity contribution is -0.383. The topological polar surface area (TPSA) is 72.2 Å². The van der Waals surface area contributed by atoms with E-state index in [2.05, 4.69) is 5.32 Å². The molecule has 2 rings (SSSR count). The summed E-state index contributed by atoms with van der Waals surface area (Å²) in [4.78, 5) is 22.3. The number of nitro benzene ring substituents is 1. The zero-order valence-corrected chi connectivity index (χ0v) is 12.3. The Balaban J connectivity index is 2.11. The SMILES string of the molecule is O=C(CC1=C(Cl)[CH]CC(Cl)=C1)Nc1ccccc1[N+](=O)[O-]. The van der Waals surface area contributed by atoms with Gasteiger partial charge in [-0.2, -0.15) is 0 Å².